The Bertz CT molecular complexity index is 621. The number of nitrogens with one attached hydrogen (secondary N) is 1. The second-order valence-corrected chi connectivity index (χ2v) is 5.15. The van der Waals surface area contributed by atoms with Crippen molar-refractivity contribution in [3.05, 3.63) is 30.1 Å². The molecule has 16 heavy (non-hydrogen) atoms. The predicted octanol–water partition coefficient (Wildman–Crippen LogP) is 1.01. The molecule has 0 aliphatic carbocycles. The summed E-state index contributed by atoms with van der Waals surface area (Å²) in [5.74, 6) is -0.472. The van der Waals surface area contributed by atoms with Gasteiger partial charge in [0.25, 0.3) is 0 Å². The third kappa shape index (κ3) is 1.94. The van der Waals surface area contributed by atoms with Crippen LogP contribution in [0.3, 0.4) is 0 Å². The van der Waals surface area contributed by atoms with Gasteiger partial charge >= 0.3 is 0 Å². The normalized spacial score (nSPS) is 11.6. The lowest BCUT2D eigenvalue weighted by Crippen LogP contribution is -1.99. The topological polar surface area (TPSA) is 75.7 Å². The van der Waals surface area contributed by atoms with Crippen LogP contribution < -0.4 is 0 Å². The first-order chi connectivity index (χ1) is 7.48. The Balaban J connectivity index is 2.52. The quantitative estimate of drug-likeness (QED) is 0.851. The molecule has 1 N–H and O–H groups in total. The number of hydrogen-bond acceptors (Lipinski definition) is 4. The number of halogens is 1. The van der Waals surface area contributed by atoms with Gasteiger partial charge < -0.3 is 0 Å². The molecule has 0 fully saturated rings. The van der Waals surface area contributed by atoms with Crippen LogP contribution in [0.1, 0.15) is 0 Å². The molecule has 84 valence electrons. The summed E-state index contributed by atoms with van der Waals surface area (Å²) in [5.41, 5.74) is 0.161. The van der Waals surface area contributed by atoms with Gasteiger partial charge in [0.2, 0.25) is 15.0 Å². The van der Waals surface area contributed by atoms with Crippen molar-refractivity contribution >= 4 is 9.84 Å². The highest BCUT2D eigenvalue weighted by molar-refractivity contribution is 7.90. The second-order valence-electron chi connectivity index (χ2n) is 3.22. The number of benzene rings is 1. The van der Waals surface area contributed by atoms with E-state index in [1.165, 1.54) is 18.2 Å². The molecule has 0 aliphatic heterocycles. The summed E-state index contributed by atoms with van der Waals surface area (Å²) in [5, 5.41) is 5.64. The van der Waals surface area contributed by atoms with Gasteiger partial charge in [0.15, 0.2) is 5.82 Å². The van der Waals surface area contributed by atoms with Crippen LogP contribution in [0, 0.1) is 5.82 Å². The van der Waals surface area contributed by atoms with Crippen molar-refractivity contribution in [3.8, 4) is 11.4 Å². The maximum absolute atomic E-state index is 13.3. The molecule has 0 unspecified atom stereocenters. The van der Waals surface area contributed by atoms with Gasteiger partial charge in [-0.05, 0) is 12.1 Å². The number of rotatable bonds is 2. The van der Waals surface area contributed by atoms with E-state index in [0.29, 0.717) is 0 Å². The molecule has 2 rings (SSSR count). The summed E-state index contributed by atoms with van der Waals surface area (Å²) in [6.07, 6.45) is 0.999. The molecule has 5 nitrogen and oxygen atoms in total. The van der Waals surface area contributed by atoms with Crippen molar-refractivity contribution in [2.24, 2.45) is 0 Å². The summed E-state index contributed by atoms with van der Waals surface area (Å²) >= 11 is 0. The lowest BCUT2D eigenvalue weighted by Gasteiger charge is -1.95. The molecular weight excluding hydrogens is 233 g/mol. The van der Waals surface area contributed by atoms with Crippen molar-refractivity contribution in [1.82, 2.24) is 15.2 Å². The van der Waals surface area contributed by atoms with Crippen molar-refractivity contribution in [3.63, 3.8) is 0 Å². The fourth-order valence-corrected chi connectivity index (χ4v) is 1.64. The van der Waals surface area contributed by atoms with E-state index in [-0.39, 0.29) is 16.5 Å². The van der Waals surface area contributed by atoms with Gasteiger partial charge in [-0.1, -0.05) is 12.1 Å². The number of hydrogen-bond donors (Lipinski definition) is 1. The highest BCUT2D eigenvalue weighted by atomic mass is 32.2. The molecular formula is C9H8FN3O2S. The molecule has 1 aromatic carbocycles. The third-order valence-corrected chi connectivity index (χ3v) is 2.82. The Hall–Kier alpha value is -1.76. The number of aromatic amines is 1. The average molecular weight is 241 g/mol. The second kappa shape index (κ2) is 3.67. The largest absolute Gasteiger partial charge is 0.249 e. The SMILES string of the molecule is CS(=O)(=O)c1nc(-c2ccccc2F)n[nH]1. The van der Waals surface area contributed by atoms with Gasteiger partial charge in [-0.3, -0.25) is 0 Å². The van der Waals surface area contributed by atoms with Crippen molar-refractivity contribution in [2.75, 3.05) is 6.26 Å². The molecule has 0 saturated heterocycles. The zero-order valence-corrected chi connectivity index (χ0v) is 9.12. The minimum absolute atomic E-state index is 0.0264. The molecule has 1 heterocycles. The molecule has 7 heteroatoms. The van der Waals surface area contributed by atoms with Gasteiger partial charge in [-0.25, -0.2) is 17.9 Å². The van der Waals surface area contributed by atoms with Gasteiger partial charge in [0.05, 0.1) is 5.56 Å². The lowest BCUT2D eigenvalue weighted by atomic mass is 10.2. The number of aromatic nitrogens is 3. The van der Waals surface area contributed by atoms with E-state index in [4.69, 9.17) is 0 Å². The molecule has 0 atom stereocenters. The Morgan fingerprint density at radius 2 is 2.00 bits per heavy atom. The van der Waals surface area contributed by atoms with Gasteiger partial charge in [0.1, 0.15) is 5.82 Å². The molecule has 0 amide bonds. The Morgan fingerprint density at radius 3 is 2.56 bits per heavy atom. The first-order valence-electron chi connectivity index (χ1n) is 4.36. The minimum Gasteiger partial charge on any atom is -0.249 e. The standard InChI is InChI=1S/C9H8FN3O2S/c1-16(14,15)9-11-8(12-13-9)6-4-2-3-5-7(6)10/h2-5H,1H3,(H,11,12,13). The maximum Gasteiger partial charge on any atom is 0.243 e. The molecule has 1 aromatic heterocycles. The molecule has 2 aromatic rings. The van der Waals surface area contributed by atoms with E-state index in [1.807, 2.05) is 0 Å². The van der Waals surface area contributed by atoms with Crippen LogP contribution in [-0.4, -0.2) is 29.9 Å². The average Bonchev–Trinajstić information content (AvgIpc) is 2.66. The predicted molar refractivity (Wildman–Crippen MR) is 54.9 cm³/mol. The van der Waals surface area contributed by atoms with E-state index in [9.17, 15) is 12.8 Å². The smallest absolute Gasteiger partial charge is 0.243 e. The van der Waals surface area contributed by atoms with Crippen molar-refractivity contribution in [2.45, 2.75) is 5.16 Å². The van der Waals surface area contributed by atoms with Gasteiger partial charge in [-0.15, -0.1) is 0 Å². The van der Waals surface area contributed by atoms with Crippen LogP contribution >= 0.6 is 0 Å². The van der Waals surface area contributed by atoms with E-state index < -0.39 is 15.7 Å². The Morgan fingerprint density at radius 1 is 1.31 bits per heavy atom. The highest BCUT2D eigenvalue weighted by Gasteiger charge is 2.15. The van der Waals surface area contributed by atoms with Crippen molar-refractivity contribution < 1.29 is 12.8 Å². The van der Waals surface area contributed by atoms with Gasteiger partial charge in [0, 0.05) is 6.26 Å². The van der Waals surface area contributed by atoms with Crippen LogP contribution in [0.2, 0.25) is 0 Å². The van der Waals surface area contributed by atoms with E-state index in [1.54, 1.807) is 6.07 Å². The third-order valence-electron chi connectivity index (χ3n) is 1.93. The molecule has 0 radical (unpaired) electrons. The van der Waals surface area contributed by atoms with Crippen LogP contribution in [0.4, 0.5) is 4.39 Å². The zero-order valence-electron chi connectivity index (χ0n) is 8.31. The highest BCUT2D eigenvalue weighted by Crippen LogP contribution is 2.18. The molecule has 0 aliphatic rings. The van der Waals surface area contributed by atoms with Crippen LogP contribution in [0.25, 0.3) is 11.4 Å². The first-order valence-corrected chi connectivity index (χ1v) is 6.25. The van der Waals surface area contributed by atoms with E-state index >= 15 is 0 Å². The zero-order chi connectivity index (χ0) is 11.8. The maximum atomic E-state index is 13.3. The lowest BCUT2D eigenvalue weighted by molar-refractivity contribution is 0.593. The fraction of sp³-hybridized carbons (Fsp3) is 0.111. The summed E-state index contributed by atoms with van der Waals surface area (Å²) in [6.45, 7) is 0. The first kappa shape index (κ1) is 10.7. The number of H-pyrrole nitrogens is 1. The summed E-state index contributed by atoms with van der Waals surface area (Å²) in [4.78, 5) is 3.72. The number of nitrogens with zero attached hydrogens (tertiary/aromatic N) is 2. The van der Waals surface area contributed by atoms with Crippen molar-refractivity contribution in [1.29, 1.82) is 0 Å². The van der Waals surface area contributed by atoms with Crippen LogP contribution in [-0.2, 0) is 9.84 Å². The van der Waals surface area contributed by atoms with Gasteiger partial charge in [-0.2, -0.15) is 10.1 Å². The molecule has 0 saturated carbocycles. The minimum atomic E-state index is -3.45. The summed E-state index contributed by atoms with van der Waals surface area (Å²) in [7, 11) is -3.45. The van der Waals surface area contributed by atoms with E-state index in [2.05, 4.69) is 15.2 Å². The Kier molecular flexibility index (Phi) is 2.47. The summed E-state index contributed by atoms with van der Waals surface area (Å²) in [6, 6.07) is 5.88. The fourth-order valence-electron chi connectivity index (χ4n) is 1.18. The van der Waals surface area contributed by atoms with E-state index in [0.717, 1.165) is 6.26 Å². The summed E-state index contributed by atoms with van der Waals surface area (Å²) < 4.78 is 35.6. The Labute approximate surface area is 91.3 Å². The number of sulfone groups is 1. The monoisotopic (exact) mass is 241 g/mol. The van der Waals surface area contributed by atoms with Crippen LogP contribution in [0.5, 0.6) is 0 Å². The van der Waals surface area contributed by atoms with Crippen LogP contribution in [0.15, 0.2) is 29.4 Å². The molecule has 0 spiro atoms. The molecule has 0 bridgehead atoms.